The maximum absolute atomic E-state index is 13.0. The Labute approximate surface area is 206 Å². The van der Waals surface area contributed by atoms with Crippen LogP contribution >= 0.6 is 0 Å². The summed E-state index contributed by atoms with van der Waals surface area (Å²) in [6, 6.07) is 13.3. The van der Waals surface area contributed by atoms with Crippen LogP contribution in [-0.2, 0) is 28.2 Å². The van der Waals surface area contributed by atoms with Gasteiger partial charge in [-0.15, -0.1) is 0 Å². The second-order valence-electron chi connectivity index (χ2n) is 8.63. The minimum Gasteiger partial charge on any atom is -1.00 e. The van der Waals surface area contributed by atoms with E-state index in [9.17, 15) is 9.90 Å². The fraction of sp³-hybridized carbons (Fsp3) is 0.423. The van der Waals surface area contributed by atoms with Gasteiger partial charge < -0.3 is 26.8 Å². The maximum Gasteiger partial charge on any atom is 0.343 e. The molecule has 0 amide bonds. The van der Waals surface area contributed by atoms with Crippen molar-refractivity contribution < 1.29 is 36.2 Å². The summed E-state index contributed by atoms with van der Waals surface area (Å²) in [5, 5.41) is 11.5. The number of pyridine rings is 1. The number of nitrogens with zero attached hydrogens (tertiary/aromatic N) is 3. The molecule has 0 bridgehead atoms. The van der Waals surface area contributed by atoms with Crippen LogP contribution in [0.1, 0.15) is 49.1 Å². The van der Waals surface area contributed by atoms with Gasteiger partial charge in [-0.25, -0.2) is 13.9 Å². The van der Waals surface area contributed by atoms with Gasteiger partial charge in [-0.05, 0) is 36.1 Å². The van der Waals surface area contributed by atoms with Gasteiger partial charge in [-0.3, -0.25) is 4.98 Å². The Kier molecular flexibility index (Phi) is 8.80. The Morgan fingerprint density at radius 1 is 1.18 bits per heavy atom. The SMILES string of the molecule is Cc1n(CCCOC(=O)C(O)(c2ccccc2)C2CCCC2)cc[n+]1Cc1ccncc1.[Br-]. The lowest BCUT2D eigenvalue weighted by atomic mass is 9.80. The highest BCUT2D eigenvalue weighted by Crippen LogP contribution is 2.41. The van der Waals surface area contributed by atoms with Crippen LogP contribution in [0, 0.1) is 12.8 Å². The van der Waals surface area contributed by atoms with E-state index in [1.54, 1.807) is 12.4 Å². The zero-order valence-corrected chi connectivity index (χ0v) is 20.7. The van der Waals surface area contributed by atoms with Gasteiger partial charge in [0, 0.05) is 31.7 Å². The smallest absolute Gasteiger partial charge is 0.343 e. The molecule has 0 saturated heterocycles. The van der Waals surface area contributed by atoms with E-state index in [1.807, 2.05) is 42.5 Å². The average molecular weight is 514 g/mol. The van der Waals surface area contributed by atoms with Gasteiger partial charge in [0.25, 0.3) is 5.82 Å². The van der Waals surface area contributed by atoms with Crippen LogP contribution in [0.2, 0.25) is 0 Å². The molecule has 1 aliphatic rings. The van der Waals surface area contributed by atoms with E-state index in [2.05, 4.69) is 33.4 Å². The molecule has 7 heteroatoms. The molecule has 1 atom stereocenters. The van der Waals surface area contributed by atoms with Crippen LogP contribution in [0.25, 0.3) is 0 Å². The standard InChI is InChI=1S/C26H32N3O3.BrH/c1-21-28(17-18-29(21)20-22-12-14-27-15-13-22)16-7-19-32-25(30)26(31,24-10-5-6-11-24)23-8-3-2-4-9-23;/h2-4,8-9,12-15,17-18,24,31H,5-7,10-11,16,19-20H2,1H3;1H/q+1;/p-1. The van der Waals surface area contributed by atoms with E-state index in [0.29, 0.717) is 12.0 Å². The number of rotatable bonds is 9. The molecular formula is C26H32BrN3O3. The van der Waals surface area contributed by atoms with Crippen LogP contribution in [-0.4, -0.2) is 27.2 Å². The number of benzene rings is 1. The zero-order chi connectivity index (χ0) is 22.4. The molecule has 1 fully saturated rings. The number of imidazole rings is 1. The number of halogens is 1. The molecule has 176 valence electrons. The number of ether oxygens (including phenoxy) is 1. The molecule has 2 heterocycles. The number of carbonyl (C=O) groups is 1. The average Bonchev–Trinajstić information content (AvgIpc) is 3.49. The van der Waals surface area contributed by atoms with Crippen LogP contribution < -0.4 is 21.5 Å². The predicted octanol–water partition coefficient (Wildman–Crippen LogP) is 0.543. The summed E-state index contributed by atoms with van der Waals surface area (Å²) < 4.78 is 9.97. The number of hydrogen-bond acceptors (Lipinski definition) is 4. The van der Waals surface area contributed by atoms with Crippen molar-refractivity contribution >= 4 is 5.97 Å². The van der Waals surface area contributed by atoms with Crippen molar-refractivity contribution in [1.29, 1.82) is 0 Å². The first-order valence-electron chi connectivity index (χ1n) is 11.5. The first-order valence-corrected chi connectivity index (χ1v) is 11.5. The third-order valence-electron chi connectivity index (χ3n) is 6.61. The third kappa shape index (κ3) is 5.71. The van der Waals surface area contributed by atoms with Crippen LogP contribution in [0.15, 0.2) is 67.3 Å². The monoisotopic (exact) mass is 513 g/mol. The van der Waals surface area contributed by atoms with E-state index in [4.69, 9.17) is 4.74 Å². The van der Waals surface area contributed by atoms with Crippen molar-refractivity contribution in [3.63, 3.8) is 0 Å². The molecule has 4 rings (SSSR count). The first-order chi connectivity index (χ1) is 15.6. The summed E-state index contributed by atoms with van der Waals surface area (Å²) in [7, 11) is 0. The minimum absolute atomic E-state index is 0. The van der Waals surface area contributed by atoms with Crippen molar-refractivity contribution in [2.75, 3.05) is 6.61 Å². The number of aromatic nitrogens is 3. The maximum atomic E-state index is 13.0. The highest BCUT2D eigenvalue weighted by molar-refractivity contribution is 5.81. The molecule has 1 N–H and O–H groups in total. The van der Waals surface area contributed by atoms with Gasteiger partial charge >= 0.3 is 5.97 Å². The molecule has 6 nitrogen and oxygen atoms in total. The molecule has 0 radical (unpaired) electrons. The fourth-order valence-electron chi connectivity index (χ4n) is 4.70. The molecule has 33 heavy (non-hydrogen) atoms. The highest BCUT2D eigenvalue weighted by Gasteiger charge is 2.47. The topological polar surface area (TPSA) is 68.2 Å². The summed E-state index contributed by atoms with van der Waals surface area (Å²) in [6.45, 7) is 3.90. The largest absolute Gasteiger partial charge is 1.00 e. The van der Waals surface area contributed by atoms with E-state index in [1.165, 1.54) is 5.56 Å². The molecule has 0 aliphatic heterocycles. The zero-order valence-electron chi connectivity index (χ0n) is 19.1. The van der Waals surface area contributed by atoms with E-state index < -0.39 is 11.6 Å². The van der Waals surface area contributed by atoms with Gasteiger partial charge in [-0.1, -0.05) is 43.2 Å². The second-order valence-corrected chi connectivity index (χ2v) is 8.63. The summed E-state index contributed by atoms with van der Waals surface area (Å²) in [6.07, 6.45) is 12.2. The highest BCUT2D eigenvalue weighted by atomic mass is 79.9. The molecule has 1 unspecified atom stereocenters. The summed E-state index contributed by atoms with van der Waals surface area (Å²) in [5.41, 5.74) is 0.275. The van der Waals surface area contributed by atoms with Gasteiger partial charge in [-0.2, -0.15) is 0 Å². The lowest BCUT2D eigenvalue weighted by molar-refractivity contribution is -0.694. The Morgan fingerprint density at radius 3 is 2.58 bits per heavy atom. The van der Waals surface area contributed by atoms with Crippen molar-refractivity contribution in [2.24, 2.45) is 5.92 Å². The lowest BCUT2D eigenvalue weighted by Crippen LogP contribution is -3.00. The van der Waals surface area contributed by atoms with Crippen molar-refractivity contribution in [3.8, 4) is 0 Å². The number of aryl methyl sites for hydroxylation is 1. The van der Waals surface area contributed by atoms with Crippen molar-refractivity contribution in [2.45, 2.75) is 57.7 Å². The third-order valence-corrected chi connectivity index (χ3v) is 6.61. The van der Waals surface area contributed by atoms with Crippen LogP contribution in [0.4, 0.5) is 0 Å². The number of carbonyl (C=O) groups excluding carboxylic acids is 1. The molecule has 2 aromatic heterocycles. The Balaban J connectivity index is 0.00000306. The van der Waals surface area contributed by atoms with Crippen LogP contribution in [0.3, 0.4) is 0 Å². The van der Waals surface area contributed by atoms with E-state index >= 15 is 0 Å². The van der Waals surface area contributed by atoms with Crippen molar-refractivity contribution in [1.82, 2.24) is 9.55 Å². The minimum atomic E-state index is -1.56. The number of hydrogen-bond donors (Lipinski definition) is 1. The quantitative estimate of drug-likeness (QED) is 0.257. The number of esters is 1. The Hall–Kier alpha value is -2.51. The summed E-state index contributed by atoms with van der Waals surface area (Å²) in [5.74, 6) is 0.531. The summed E-state index contributed by atoms with van der Waals surface area (Å²) >= 11 is 0. The first kappa shape index (κ1) is 25.1. The Morgan fingerprint density at radius 2 is 1.88 bits per heavy atom. The molecule has 1 aliphatic carbocycles. The molecule has 1 aromatic carbocycles. The van der Waals surface area contributed by atoms with Crippen molar-refractivity contribution in [3.05, 3.63) is 84.2 Å². The van der Waals surface area contributed by atoms with Gasteiger partial charge in [0.2, 0.25) is 0 Å². The number of aliphatic hydroxyl groups is 1. The molecule has 3 aromatic rings. The molecule has 0 spiro atoms. The van der Waals surface area contributed by atoms with Gasteiger partial charge in [0.05, 0.1) is 13.2 Å². The fourth-order valence-corrected chi connectivity index (χ4v) is 4.70. The molecule has 1 saturated carbocycles. The lowest BCUT2D eigenvalue weighted by Gasteiger charge is -2.32. The van der Waals surface area contributed by atoms with E-state index in [-0.39, 0.29) is 29.5 Å². The normalized spacial score (nSPS) is 15.6. The van der Waals surface area contributed by atoms with Gasteiger partial charge in [0.1, 0.15) is 18.9 Å². The molecular weight excluding hydrogens is 482 g/mol. The van der Waals surface area contributed by atoms with Gasteiger partial charge in [0.15, 0.2) is 5.60 Å². The Bertz CT molecular complexity index is 1020. The van der Waals surface area contributed by atoms with Crippen LogP contribution in [0.5, 0.6) is 0 Å². The second kappa shape index (κ2) is 11.6. The van der Waals surface area contributed by atoms with E-state index in [0.717, 1.165) is 44.6 Å². The summed E-state index contributed by atoms with van der Waals surface area (Å²) in [4.78, 5) is 17.1. The predicted molar refractivity (Wildman–Crippen MR) is 121 cm³/mol.